The Labute approximate surface area is 144 Å². The third kappa shape index (κ3) is 1.94. The van der Waals surface area contributed by atoms with Crippen LogP contribution in [0.3, 0.4) is 0 Å². The van der Waals surface area contributed by atoms with Gasteiger partial charge in [-0.3, -0.25) is 0 Å². The lowest BCUT2D eigenvalue weighted by Crippen LogP contribution is -2.63. The maximum atomic E-state index is 11.2. The van der Waals surface area contributed by atoms with Crippen molar-refractivity contribution in [3.05, 3.63) is 35.9 Å². The average molecular weight is 328 g/mol. The van der Waals surface area contributed by atoms with Crippen molar-refractivity contribution in [2.75, 3.05) is 0 Å². The molecule has 6 atom stereocenters. The second kappa shape index (κ2) is 4.78. The number of phenols is 1. The van der Waals surface area contributed by atoms with E-state index in [1.54, 1.807) is 6.07 Å². The molecule has 0 spiro atoms. The number of fused-ring (bicyclic) bond motifs is 1. The van der Waals surface area contributed by atoms with Gasteiger partial charge in [-0.25, -0.2) is 0 Å². The van der Waals surface area contributed by atoms with Gasteiger partial charge in [-0.15, -0.1) is 0 Å². The Morgan fingerprint density at radius 3 is 2.71 bits per heavy atom. The highest BCUT2D eigenvalue weighted by molar-refractivity contribution is 5.43. The van der Waals surface area contributed by atoms with Crippen LogP contribution < -0.4 is 4.74 Å². The first kappa shape index (κ1) is 16.0. The average Bonchev–Trinajstić information content (AvgIpc) is 2.63. The molecule has 0 bridgehead atoms. The van der Waals surface area contributed by atoms with Gasteiger partial charge in [0.15, 0.2) is 0 Å². The predicted molar refractivity (Wildman–Crippen MR) is 94.1 cm³/mol. The molecule has 3 heteroatoms. The van der Waals surface area contributed by atoms with Gasteiger partial charge < -0.3 is 14.9 Å². The van der Waals surface area contributed by atoms with E-state index in [9.17, 15) is 10.2 Å². The molecule has 2 N–H and O–H groups in total. The summed E-state index contributed by atoms with van der Waals surface area (Å²) in [5.41, 5.74) is 0.0666. The van der Waals surface area contributed by atoms with E-state index in [-0.39, 0.29) is 22.9 Å². The highest BCUT2D eigenvalue weighted by atomic mass is 16.5. The van der Waals surface area contributed by atoms with Gasteiger partial charge in [-0.2, -0.15) is 0 Å². The highest BCUT2D eigenvalue weighted by Crippen LogP contribution is 2.64. The Balaban J connectivity index is 1.92. The molecule has 3 aliphatic rings. The molecule has 24 heavy (non-hydrogen) atoms. The number of aliphatic hydroxyl groups is 1. The fourth-order valence-corrected chi connectivity index (χ4v) is 5.69. The summed E-state index contributed by atoms with van der Waals surface area (Å²) >= 11 is 0. The molecule has 0 radical (unpaired) electrons. The fourth-order valence-electron chi connectivity index (χ4n) is 5.69. The van der Waals surface area contributed by atoms with E-state index < -0.39 is 5.60 Å². The van der Waals surface area contributed by atoms with E-state index in [1.807, 2.05) is 25.1 Å². The normalized spacial score (nSPS) is 46.5. The van der Waals surface area contributed by atoms with Crippen molar-refractivity contribution in [1.29, 1.82) is 0 Å². The summed E-state index contributed by atoms with van der Waals surface area (Å²) in [4.78, 5) is 0. The summed E-state index contributed by atoms with van der Waals surface area (Å²) in [5, 5.41) is 21.1. The molecule has 1 saturated carbocycles. The molecular weight excluding hydrogens is 300 g/mol. The van der Waals surface area contributed by atoms with E-state index >= 15 is 0 Å². The van der Waals surface area contributed by atoms with Gasteiger partial charge in [-0.05, 0) is 67.4 Å². The molecular formula is C21H28O3. The zero-order valence-corrected chi connectivity index (χ0v) is 15.0. The molecule has 4 rings (SSSR count). The van der Waals surface area contributed by atoms with Gasteiger partial charge in [0.25, 0.3) is 0 Å². The highest BCUT2D eigenvalue weighted by Gasteiger charge is 2.63. The summed E-state index contributed by atoms with van der Waals surface area (Å²) in [7, 11) is 0. The van der Waals surface area contributed by atoms with Gasteiger partial charge in [0, 0.05) is 11.3 Å². The number of rotatable bonds is 0. The van der Waals surface area contributed by atoms with Crippen molar-refractivity contribution >= 4 is 0 Å². The van der Waals surface area contributed by atoms with Crippen molar-refractivity contribution in [3.63, 3.8) is 0 Å². The summed E-state index contributed by atoms with van der Waals surface area (Å²) in [6, 6.07) is 5.42. The van der Waals surface area contributed by atoms with Crippen LogP contribution in [0.1, 0.15) is 46.1 Å². The molecule has 1 fully saturated rings. The minimum Gasteiger partial charge on any atom is -0.508 e. The lowest BCUT2D eigenvalue weighted by atomic mass is 9.44. The first-order valence-electron chi connectivity index (χ1n) is 9.08. The number of benzene rings is 1. The molecule has 1 heterocycles. The lowest BCUT2D eigenvalue weighted by Gasteiger charge is -2.61. The third-order valence-corrected chi connectivity index (χ3v) is 7.59. The minimum atomic E-state index is -0.822. The molecule has 3 nitrogen and oxygen atoms in total. The number of aromatic hydroxyl groups is 1. The maximum Gasteiger partial charge on any atom is 0.123 e. The van der Waals surface area contributed by atoms with Crippen LogP contribution in [0.2, 0.25) is 0 Å². The van der Waals surface area contributed by atoms with E-state index in [0.717, 1.165) is 30.6 Å². The Hall–Kier alpha value is -1.48. The molecule has 0 amide bonds. The van der Waals surface area contributed by atoms with E-state index in [1.165, 1.54) is 0 Å². The molecule has 1 aliphatic heterocycles. The number of hydrogen-bond donors (Lipinski definition) is 2. The van der Waals surface area contributed by atoms with Gasteiger partial charge in [0.2, 0.25) is 0 Å². The van der Waals surface area contributed by atoms with Crippen LogP contribution in [0.5, 0.6) is 11.5 Å². The molecule has 0 aromatic heterocycles. The molecule has 2 aliphatic carbocycles. The van der Waals surface area contributed by atoms with Gasteiger partial charge >= 0.3 is 0 Å². The van der Waals surface area contributed by atoms with E-state index in [4.69, 9.17) is 4.74 Å². The standard InChI is InChI=1S/C21H28O3/c1-13-7-9-20(3)18-17(8-10-21(20,4)23)24-16-6-5-15(22)11-14(16)12-19(13,18)2/h5-6,8,10-11,13,17-18,22-23H,7,9,12H2,1-4H3. The summed E-state index contributed by atoms with van der Waals surface area (Å²) in [6.07, 6.45) is 6.95. The largest absolute Gasteiger partial charge is 0.508 e. The zero-order chi connectivity index (χ0) is 17.3. The van der Waals surface area contributed by atoms with Crippen LogP contribution >= 0.6 is 0 Å². The second-order valence-corrected chi connectivity index (χ2v) is 8.90. The lowest BCUT2D eigenvalue weighted by molar-refractivity contribution is -0.171. The quantitative estimate of drug-likeness (QED) is 0.706. The number of phenolic OH excluding ortho intramolecular Hbond substituents is 1. The summed E-state index contributed by atoms with van der Waals surface area (Å²) < 4.78 is 6.42. The second-order valence-electron chi connectivity index (χ2n) is 8.90. The first-order valence-corrected chi connectivity index (χ1v) is 9.08. The van der Waals surface area contributed by atoms with Crippen LogP contribution in [-0.2, 0) is 6.42 Å². The van der Waals surface area contributed by atoms with Crippen LogP contribution in [0, 0.1) is 22.7 Å². The third-order valence-electron chi connectivity index (χ3n) is 7.59. The van der Waals surface area contributed by atoms with Crippen LogP contribution in [0.15, 0.2) is 30.4 Å². The number of ether oxygens (including phenoxy) is 1. The maximum absolute atomic E-state index is 11.2. The Morgan fingerprint density at radius 2 is 1.96 bits per heavy atom. The zero-order valence-electron chi connectivity index (χ0n) is 15.0. The molecule has 0 saturated heterocycles. The van der Waals surface area contributed by atoms with Crippen LogP contribution in [-0.4, -0.2) is 21.9 Å². The van der Waals surface area contributed by atoms with Gasteiger partial charge in [0.1, 0.15) is 17.6 Å². The predicted octanol–water partition coefficient (Wildman–Crippen LogP) is 4.08. The molecule has 6 unspecified atom stereocenters. The van der Waals surface area contributed by atoms with Crippen molar-refractivity contribution in [2.45, 2.75) is 58.7 Å². The SMILES string of the molecule is CC1CCC2(C)C3C(C=CC2(C)O)Oc2ccc(O)cc2CC13C. The van der Waals surface area contributed by atoms with Gasteiger partial charge in [0.05, 0.1) is 5.60 Å². The van der Waals surface area contributed by atoms with Crippen molar-refractivity contribution in [3.8, 4) is 11.5 Å². The van der Waals surface area contributed by atoms with Crippen LogP contribution in [0.25, 0.3) is 0 Å². The monoisotopic (exact) mass is 328 g/mol. The molecule has 130 valence electrons. The Morgan fingerprint density at radius 1 is 1.21 bits per heavy atom. The first-order chi connectivity index (χ1) is 11.2. The summed E-state index contributed by atoms with van der Waals surface area (Å²) in [5.74, 6) is 1.94. The van der Waals surface area contributed by atoms with Crippen molar-refractivity contribution in [2.24, 2.45) is 22.7 Å². The van der Waals surface area contributed by atoms with Crippen LogP contribution in [0.4, 0.5) is 0 Å². The Kier molecular flexibility index (Phi) is 3.19. The minimum absolute atomic E-state index is 0.0193. The van der Waals surface area contributed by atoms with Crippen molar-refractivity contribution < 1.29 is 14.9 Å². The topological polar surface area (TPSA) is 49.7 Å². The smallest absolute Gasteiger partial charge is 0.123 e. The van der Waals surface area contributed by atoms with Crippen molar-refractivity contribution in [1.82, 2.24) is 0 Å². The number of hydrogen-bond acceptors (Lipinski definition) is 3. The fraction of sp³-hybridized carbons (Fsp3) is 0.619. The van der Waals surface area contributed by atoms with E-state index in [0.29, 0.717) is 11.7 Å². The van der Waals surface area contributed by atoms with Gasteiger partial charge in [-0.1, -0.05) is 26.8 Å². The summed E-state index contributed by atoms with van der Waals surface area (Å²) in [6.45, 7) is 8.86. The molecule has 1 aromatic carbocycles. The Bertz CT molecular complexity index is 707. The van der Waals surface area contributed by atoms with E-state index in [2.05, 4.69) is 26.8 Å². The molecule has 1 aromatic rings.